The molecule has 21 heavy (non-hydrogen) atoms. The molecule has 0 atom stereocenters. The van der Waals surface area contributed by atoms with E-state index in [1.165, 1.54) is 0 Å². The number of hydrogen-bond acceptors (Lipinski definition) is 6. The summed E-state index contributed by atoms with van der Waals surface area (Å²) in [6, 6.07) is 0. The van der Waals surface area contributed by atoms with Gasteiger partial charge >= 0.3 is 6.09 Å². The van der Waals surface area contributed by atoms with Crippen LogP contribution in [0.2, 0.25) is 10.4 Å². The van der Waals surface area contributed by atoms with E-state index in [1.807, 2.05) is 25.7 Å². The van der Waals surface area contributed by atoms with Crippen molar-refractivity contribution in [3.05, 3.63) is 10.4 Å². The lowest BCUT2D eigenvalue weighted by molar-refractivity contribution is 0.0240. The van der Waals surface area contributed by atoms with E-state index in [0.29, 0.717) is 32.0 Å². The second-order valence-corrected chi connectivity index (χ2v) is 6.35. The molecule has 1 fully saturated rings. The summed E-state index contributed by atoms with van der Waals surface area (Å²) in [5.74, 6) is 0.487. The van der Waals surface area contributed by atoms with Gasteiger partial charge < -0.3 is 14.5 Å². The molecule has 0 bridgehead atoms. The summed E-state index contributed by atoms with van der Waals surface area (Å²) in [6.07, 6.45) is -0.313. The number of piperazine rings is 1. The molecule has 0 radical (unpaired) electrons. The number of nitrogens with zero attached hydrogens (tertiary/aromatic N) is 5. The highest BCUT2D eigenvalue weighted by Crippen LogP contribution is 2.23. The Kier molecular flexibility index (Phi) is 4.73. The van der Waals surface area contributed by atoms with Crippen LogP contribution in [0.3, 0.4) is 0 Å². The summed E-state index contributed by atoms with van der Waals surface area (Å²) in [5.41, 5.74) is -0.498. The van der Waals surface area contributed by atoms with E-state index in [-0.39, 0.29) is 16.5 Å². The first kappa shape index (κ1) is 16.0. The Balaban J connectivity index is 1.97. The number of carbonyl (C=O) groups is 1. The molecule has 1 saturated heterocycles. The molecule has 2 heterocycles. The van der Waals surface area contributed by atoms with E-state index < -0.39 is 5.60 Å². The van der Waals surface area contributed by atoms with Crippen LogP contribution in [0.25, 0.3) is 0 Å². The molecule has 2 rings (SSSR count). The van der Waals surface area contributed by atoms with Crippen molar-refractivity contribution in [1.82, 2.24) is 20.1 Å². The van der Waals surface area contributed by atoms with Gasteiger partial charge in [0.15, 0.2) is 11.0 Å². The molecule has 7 nitrogen and oxygen atoms in total. The predicted octanol–water partition coefficient (Wildman–Crippen LogP) is 2.24. The van der Waals surface area contributed by atoms with Gasteiger partial charge in [-0.2, -0.15) is 4.98 Å². The number of amides is 1. The third-order valence-electron chi connectivity index (χ3n) is 2.83. The first-order valence-electron chi connectivity index (χ1n) is 6.55. The predicted molar refractivity (Wildman–Crippen MR) is 79.9 cm³/mol. The summed E-state index contributed by atoms with van der Waals surface area (Å²) in [5, 5.41) is 7.55. The van der Waals surface area contributed by atoms with Crippen LogP contribution >= 0.6 is 23.2 Å². The minimum atomic E-state index is -0.498. The third kappa shape index (κ3) is 4.31. The van der Waals surface area contributed by atoms with Crippen molar-refractivity contribution in [2.24, 2.45) is 0 Å². The zero-order chi connectivity index (χ0) is 15.6. The monoisotopic (exact) mass is 333 g/mol. The topological polar surface area (TPSA) is 71.5 Å². The normalized spacial score (nSPS) is 16.0. The molecule has 0 unspecified atom stereocenters. The Morgan fingerprint density at radius 3 is 2.33 bits per heavy atom. The van der Waals surface area contributed by atoms with Crippen LogP contribution in [0.4, 0.5) is 10.6 Å². The van der Waals surface area contributed by atoms with Gasteiger partial charge in [0.25, 0.3) is 0 Å². The van der Waals surface area contributed by atoms with Gasteiger partial charge in [0.2, 0.25) is 5.28 Å². The van der Waals surface area contributed by atoms with Crippen LogP contribution in [0.1, 0.15) is 20.8 Å². The van der Waals surface area contributed by atoms with Crippen LogP contribution in [-0.4, -0.2) is 58.0 Å². The number of halogens is 2. The lowest BCUT2D eigenvalue weighted by Gasteiger charge is -2.36. The average Bonchev–Trinajstić information content (AvgIpc) is 2.40. The Morgan fingerprint density at radius 1 is 1.14 bits per heavy atom. The van der Waals surface area contributed by atoms with Crippen LogP contribution in [0, 0.1) is 0 Å². The standard InChI is InChI=1S/C12H17Cl2N5O2/c1-12(2,3)21-11(20)19-6-4-18(5-7-19)9-8(13)16-17-10(14)15-9/h4-7H2,1-3H3. The number of hydrogen-bond donors (Lipinski definition) is 0. The molecule has 0 aromatic carbocycles. The summed E-state index contributed by atoms with van der Waals surface area (Å²) < 4.78 is 5.34. The average molecular weight is 334 g/mol. The van der Waals surface area contributed by atoms with Gasteiger partial charge in [-0.25, -0.2) is 4.79 Å². The number of aromatic nitrogens is 3. The molecule has 1 aromatic rings. The molecule has 0 spiro atoms. The van der Waals surface area contributed by atoms with Gasteiger partial charge in [0.1, 0.15) is 5.60 Å². The second kappa shape index (κ2) is 6.19. The molecule has 116 valence electrons. The Morgan fingerprint density at radius 2 is 1.76 bits per heavy atom. The third-order valence-corrected chi connectivity index (χ3v) is 3.24. The molecule has 1 aliphatic rings. The van der Waals surface area contributed by atoms with Gasteiger partial charge in [0, 0.05) is 26.2 Å². The van der Waals surface area contributed by atoms with Crippen molar-refractivity contribution in [2.45, 2.75) is 26.4 Å². The van der Waals surface area contributed by atoms with Crippen molar-refractivity contribution in [3.8, 4) is 0 Å². The lowest BCUT2D eigenvalue weighted by atomic mass is 10.2. The summed E-state index contributed by atoms with van der Waals surface area (Å²) >= 11 is 11.7. The zero-order valence-electron chi connectivity index (χ0n) is 12.1. The Hall–Kier alpha value is -1.34. The van der Waals surface area contributed by atoms with Gasteiger partial charge in [-0.1, -0.05) is 11.6 Å². The highest BCUT2D eigenvalue weighted by molar-refractivity contribution is 6.32. The number of carbonyl (C=O) groups excluding carboxylic acids is 1. The number of anilines is 1. The first-order valence-corrected chi connectivity index (χ1v) is 7.30. The van der Waals surface area contributed by atoms with E-state index in [9.17, 15) is 4.79 Å². The van der Waals surface area contributed by atoms with Crippen molar-refractivity contribution in [1.29, 1.82) is 0 Å². The first-order chi connectivity index (χ1) is 9.76. The van der Waals surface area contributed by atoms with Crippen molar-refractivity contribution in [2.75, 3.05) is 31.1 Å². The zero-order valence-corrected chi connectivity index (χ0v) is 13.6. The fourth-order valence-corrected chi connectivity index (χ4v) is 2.23. The largest absolute Gasteiger partial charge is 0.444 e. The van der Waals surface area contributed by atoms with E-state index in [0.717, 1.165) is 0 Å². The molecule has 1 aliphatic heterocycles. The summed E-state index contributed by atoms with van der Waals surface area (Å²) in [6.45, 7) is 7.72. The highest BCUT2D eigenvalue weighted by Gasteiger charge is 2.27. The minimum Gasteiger partial charge on any atom is -0.444 e. The quantitative estimate of drug-likeness (QED) is 0.784. The maximum atomic E-state index is 12.0. The van der Waals surface area contributed by atoms with Crippen molar-refractivity contribution in [3.63, 3.8) is 0 Å². The van der Waals surface area contributed by atoms with E-state index in [1.54, 1.807) is 4.90 Å². The van der Waals surface area contributed by atoms with Crippen LogP contribution < -0.4 is 4.90 Å². The molecular weight excluding hydrogens is 317 g/mol. The fraction of sp³-hybridized carbons (Fsp3) is 0.667. The maximum Gasteiger partial charge on any atom is 0.410 e. The molecule has 1 amide bonds. The number of ether oxygens (including phenoxy) is 1. The molecule has 9 heteroatoms. The fourth-order valence-electron chi connectivity index (χ4n) is 1.91. The van der Waals surface area contributed by atoms with Crippen LogP contribution in [0.5, 0.6) is 0 Å². The summed E-state index contributed by atoms with van der Waals surface area (Å²) in [4.78, 5) is 19.6. The molecule has 1 aromatic heterocycles. The molecule has 0 saturated carbocycles. The van der Waals surface area contributed by atoms with Gasteiger partial charge in [0.05, 0.1) is 0 Å². The van der Waals surface area contributed by atoms with E-state index in [4.69, 9.17) is 27.9 Å². The SMILES string of the molecule is CC(C)(C)OC(=O)N1CCN(c2nc(Cl)nnc2Cl)CC1. The smallest absolute Gasteiger partial charge is 0.410 e. The van der Waals surface area contributed by atoms with Crippen LogP contribution in [-0.2, 0) is 4.74 Å². The summed E-state index contributed by atoms with van der Waals surface area (Å²) in [7, 11) is 0. The maximum absolute atomic E-state index is 12.0. The molecule has 0 aliphatic carbocycles. The van der Waals surface area contributed by atoms with Gasteiger partial charge in [-0.05, 0) is 32.4 Å². The molecule has 0 N–H and O–H groups in total. The Bertz CT molecular complexity index is 527. The van der Waals surface area contributed by atoms with Crippen LogP contribution in [0.15, 0.2) is 0 Å². The van der Waals surface area contributed by atoms with Gasteiger partial charge in [-0.15, -0.1) is 10.2 Å². The van der Waals surface area contributed by atoms with Gasteiger partial charge in [-0.3, -0.25) is 0 Å². The van der Waals surface area contributed by atoms with E-state index in [2.05, 4.69) is 15.2 Å². The Labute approximate surface area is 133 Å². The minimum absolute atomic E-state index is 0.0453. The van der Waals surface area contributed by atoms with E-state index >= 15 is 0 Å². The second-order valence-electron chi connectivity index (χ2n) is 5.65. The van der Waals surface area contributed by atoms with Crippen molar-refractivity contribution >= 4 is 35.1 Å². The molecular formula is C12H17Cl2N5O2. The number of rotatable bonds is 1. The lowest BCUT2D eigenvalue weighted by Crippen LogP contribution is -2.50. The van der Waals surface area contributed by atoms with Crippen molar-refractivity contribution < 1.29 is 9.53 Å². The highest BCUT2D eigenvalue weighted by atomic mass is 35.5.